The Balaban J connectivity index is 1.35. The molecule has 9 nitrogen and oxygen atoms in total. The fourth-order valence-corrected chi connectivity index (χ4v) is 5.71. The summed E-state index contributed by atoms with van der Waals surface area (Å²) in [5.41, 5.74) is 12.3. The Labute approximate surface area is 291 Å². The van der Waals surface area contributed by atoms with Crippen molar-refractivity contribution in [3.8, 4) is 22.6 Å². The highest BCUT2D eigenvalue weighted by Crippen LogP contribution is 2.32. The molecule has 1 unspecified atom stereocenters. The molecule has 6 rings (SSSR count). The van der Waals surface area contributed by atoms with Crippen LogP contribution in [0.2, 0.25) is 0 Å². The molecule has 4 N–H and O–H groups in total. The molecule has 9 heteroatoms. The fraction of sp³-hybridized carbons (Fsp3) is 0.195. The minimum atomic E-state index is -1.07. The van der Waals surface area contributed by atoms with Gasteiger partial charge < -0.3 is 30.6 Å². The predicted molar refractivity (Wildman–Crippen MR) is 190 cm³/mol. The first-order valence-electron chi connectivity index (χ1n) is 16.5. The summed E-state index contributed by atoms with van der Waals surface area (Å²) in [5.74, 6) is -0.508. The molecule has 254 valence electrons. The number of carbonyl (C=O) groups is 3. The van der Waals surface area contributed by atoms with Crippen molar-refractivity contribution in [2.24, 2.45) is 5.73 Å². The highest BCUT2D eigenvalue weighted by Gasteiger charge is 2.26. The SMILES string of the molecule is NC1Cc2cc(ccc2OCc2ccccc2)-c2ccc(OCc3ccccc3)c(c2)C[C@@H](C(=O)OCc2ccccc2)NC(=O)CNC1=O. The monoisotopic (exact) mass is 669 g/mol. The molecule has 5 aromatic rings. The van der Waals surface area contributed by atoms with Crippen LogP contribution in [0.25, 0.3) is 11.1 Å². The van der Waals surface area contributed by atoms with Gasteiger partial charge in [0.15, 0.2) is 0 Å². The highest BCUT2D eigenvalue weighted by atomic mass is 16.5. The molecule has 0 spiro atoms. The number of rotatable bonds is 9. The number of hydrogen-bond acceptors (Lipinski definition) is 7. The lowest BCUT2D eigenvalue weighted by molar-refractivity contribution is -0.149. The first kappa shape index (κ1) is 34.0. The molecule has 1 heterocycles. The third-order valence-corrected chi connectivity index (χ3v) is 8.40. The maximum absolute atomic E-state index is 13.6. The number of nitrogens with two attached hydrogens (primary N) is 1. The van der Waals surface area contributed by atoms with Gasteiger partial charge >= 0.3 is 5.97 Å². The standard InChI is InChI=1S/C41H39N3O6/c42-35-22-33-20-31(16-18-37(33)48-25-28-10-4-1-5-11-28)32-17-19-38(49-26-29-12-6-2-7-13-29)34(21-32)23-36(44-39(45)24-43-40(35)46)41(47)50-27-30-14-8-3-9-15-30/h1-21,35-36H,22-27,42H2,(H,43,46)(H,44,45)/t35?,36-/m0/s1. The molecule has 2 amide bonds. The van der Waals surface area contributed by atoms with E-state index in [1.54, 1.807) is 0 Å². The molecule has 0 fully saturated rings. The van der Waals surface area contributed by atoms with E-state index in [1.807, 2.05) is 127 Å². The first-order valence-corrected chi connectivity index (χ1v) is 16.5. The molecule has 4 bridgehead atoms. The van der Waals surface area contributed by atoms with Crippen LogP contribution in [0.4, 0.5) is 0 Å². The molecule has 0 radical (unpaired) electrons. The van der Waals surface area contributed by atoms with E-state index >= 15 is 0 Å². The maximum Gasteiger partial charge on any atom is 0.329 e. The zero-order chi connectivity index (χ0) is 34.7. The summed E-state index contributed by atoms with van der Waals surface area (Å²) in [6.07, 6.45) is 0.251. The van der Waals surface area contributed by atoms with Crippen molar-refractivity contribution in [2.75, 3.05) is 6.54 Å². The van der Waals surface area contributed by atoms with Crippen LogP contribution in [0.15, 0.2) is 127 Å². The second-order valence-electron chi connectivity index (χ2n) is 12.1. The van der Waals surface area contributed by atoms with Crippen LogP contribution in [0.3, 0.4) is 0 Å². The molecule has 0 saturated heterocycles. The van der Waals surface area contributed by atoms with Gasteiger partial charge in [0.25, 0.3) is 0 Å². The van der Waals surface area contributed by atoms with E-state index in [-0.39, 0.29) is 26.0 Å². The van der Waals surface area contributed by atoms with Crippen molar-refractivity contribution in [1.29, 1.82) is 0 Å². The van der Waals surface area contributed by atoms with Gasteiger partial charge in [-0.05, 0) is 63.2 Å². The van der Waals surface area contributed by atoms with E-state index < -0.39 is 29.9 Å². The minimum Gasteiger partial charge on any atom is -0.489 e. The average molecular weight is 670 g/mol. The van der Waals surface area contributed by atoms with E-state index in [2.05, 4.69) is 10.6 Å². The van der Waals surface area contributed by atoms with Gasteiger partial charge in [0.2, 0.25) is 11.8 Å². The number of nitrogens with one attached hydrogen (secondary N) is 2. The highest BCUT2D eigenvalue weighted by molar-refractivity contribution is 5.90. The van der Waals surface area contributed by atoms with E-state index in [4.69, 9.17) is 19.9 Å². The Kier molecular flexibility index (Phi) is 11.2. The maximum atomic E-state index is 13.6. The van der Waals surface area contributed by atoms with Crippen molar-refractivity contribution >= 4 is 17.8 Å². The summed E-state index contributed by atoms with van der Waals surface area (Å²) in [4.78, 5) is 39.8. The lowest BCUT2D eigenvalue weighted by Gasteiger charge is -2.21. The van der Waals surface area contributed by atoms with Crippen molar-refractivity contribution in [1.82, 2.24) is 10.6 Å². The Morgan fingerprint density at radius 1 is 0.640 bits per heavy atom. The van der Waals surface area contributed by atoms with Crippen molar-refractivity contribution < 1.29 is 28.6 Å². The van der Waals surface area contributed by atoms with E-state index in [0.29, 0.717) is 30.3 Å². The van der Waals surface area contributed by atoms with Gasteiger partial charge in [-0.2, -0.15) is 0 Å². The van der Waals surface area contributed by atoms with E-state index in [0.717, 1.165) is 33.4 Å². The Morgan fingerprint density at radius 3 is 1.64 bits per heavy atom. The summed E-state index contributed by atoms with van der Waals surface area (Å²) in [5, 5.41) is 5.39. The van der Waals surface area contributed by atoms with Gasteiger partial charge in [-0.25, -0.2) is 4.79 Å². The molecule has 50 heavy (non-hydrogen) atoms. The number of fused-ring (bicyclic) bond motifs is 5. The third-order valence-electron chi connectivity index (χ3n) is 8.40. The number of hydrogen-bond donors (Lipinski definition) is 3. The number of amides is 2. The largest absolute Gasteiger partial charge is 0.489 e. The van der Waals surface area contributed by atoms with Crippen LogP contribution < -0.4 is 25.8 Å². The Morgan fingerprint density at radius 2 is 1.12 bits per heavy atom. The normalized spacial score (nSPS) is 16.2. The number of ether oxygens (including phenoxy) is 3. The number of esters is 1. The third kappa shape index (κ3) is 9.15. The first-order chi connectivity index (χ1) is 24.4. The molecule has 5 aromatic carbocycles. The second-order valence-corrected chi connectivity index (χ2v) is 12.1. The molecule has 2 atom stereocenters. The van der Waals surface area contributed by atoms with Crippen molar-refractivity contribution in [3.63, 3.8) is 0 Å². The Bertz CT molecular complexity index is 1920. The molecule has 0 aliphatic carbocycles. The zero-order valence-corrected chi connectivity index (χ0v) is 27.5. The van der Waals surface area contributed by atoms with Gasteiger partial charge in [0.05, 0.1) is 12.6 Å². The van der Waals surface area contributed by atoms with Crippen LogP contribution >= 0.6 is 0 Å². The van der Waals surface area contributed by atoms with Gasteiger partial charge in [-0.1, -0.05) is 103 Å². The van der Waals surface area contributed by atoms with Gasteiger partial charge in [0.1, 0.15) is 37.4 Å². The lowest BCUT2D eigenvalue weighted by atomic mass is 9.95. The molecule has 0 saturated carbocycles. The smallest absolute Gasteiger partial charge is 0.329 e. The quantitative estimate of drug-likeness (QED) is 0.182. The van der Waals surface area contributed by atoms with E-state index in [9.17, 15) is 14.4 Å². The van der Waals surface area contributed by atoms with E-state index in [1.165, 1.54) is 0 Å². The van der Waals surface area contributed by atoms with Crippen LogP contribution in [0.1, 0.15) is 27.8 Å². The summed E-state index contributed by atoms with van der Waals surface area (Å²) in [6.45, 7) is 0.318. The summed E-state index contributed by atoms with van der Waals surface area (Å²) >= 11 is 0. The molecule has 1 aliphatic heterocycles. The topological polar surface area (TPSA) is 129 Å². The Hall–Kier alpha value is -5.93. The lowest BCUT2D eigenvalue weighted by Crippen LogP contribution is -2.49. The summed E-state index contributed by atoms with van der Waals surface area (Å²) < 4.78 is 18.2. The second kappa shape index (κ2) is 16.5. The van der Waals surface area contributed by atoms with Crippen LogP contribution in [-0.2, 0) is 51.8 Å². The van der Waals surface area contributed by atoms with Crippen LogP contribution in [0, 0.1) is 0 Å². The van der Waals surface area contributed by atoms with Crippen LogP contribution in [0.5, 0.6) is 11.5 Å². The molecular formula is C41H39N3O6. The molecule has 0 aromatic heterocycles. The van der Waals surface area contributed by atoms with Gasteiger partial charge in [-0.15, -0.1) is 0 Å². The number of carbonyl (C=O) groups excluding carboxylic acids is 3. The summed E-state index contributed by atoms with van der Waals surface area (Å²) in [7, 11) is 0. The van der Waals surface area contributed by atoms with Gasteiger partial charge in [-0.3, -0.25) is 9.59 Å². The van der Waals surface area contributed by atoms with Crippen molar-refractivity contribution in [2.45, 2.75) is 44.7 Å². The molecular weight excluding hydrogens is 630 g/mol. The van der Waals surface area contributed by atoms with Gasteiger partial charge in [0, 0.05) is 12.8 Å². The fourth-order valence-electron chi connectivity index (χ4n) is 5.71. The van der Waals surface area contributed by atoms with Crippen LogP contribution in [-0.4, -0.2) is 36.4 Å². The zero-order valence-electron chi connectivity index (χ0n) is 27.5. The molecule has 1 aliphatic rings. The predicted octanol–water partition coefficient (Wildman–Crippen LogP) is 5.28. The average Bonchev–Trinajstić information content (AvgIpc) is 3.15. The van der Waals surface area contributed by atoms with Crippen molar-refractivity contribution in [3.05, 3.63) is 155 Å². The minimum absolute atomic E-state index is 0.0382. The summed E-state index contributed by atoms with van der Waals surface area (Å²) in [6, 6.07) is 38.4. The number of benzene rings is 5.